The largest absolute Gasteiger partial charge is 0.350 e. The second-order valence-electron chi connectivity index (χ2n) is 5.87. The van der Waals surface area contributed by atoms with Crippen LogP contribution in [0.15, 0.2) is 22.7 Å². The van der Waals surface area contributed by atoms with Gasteiger partial charge < -0.3 is 10.6 Å². The van der Waals surface area contributed by atoms with Crippen LogP contribution in [-0.2, 0) is 11.3 Å². The summed E-state index contributed by atoms with van der Waals surface area (Å²) in [6, 6.07) is 4.22. The SMILES string of the molecule is CC(NCc1ccc([N+](=O)[O-])cc1Br)C(=O)NC(C)(C)C. The Labute approximate surface area is 132 Å². The molecule has 0 spiro atoms. The topological polar surface area (TPSA) is 84.3 Å². The Balaban J connectivity index is 2.63. The van der Waals surface area contributed by atoms with Crippen molar-refractivity contribution in [3.8, 4) is 0 Å². The molecule has 116 valence electrons. The van der Waals surface area contributed by atoms with E-state index in [1.807, 2.05) is 20.8 Å². The highest BCUT2D eigenvalue weighted by atomic mass is 79.9. The van der Waals surface area contributed by atoms with Crippen molar-refractivity contribution in [2.45, 2.75) is 45.8 Å². The maximum Gasteiger partial charge on any atom is 0.270 e. The highest BCUT2D eigenvalue weighted by molar-refractivity contribution is 9.10. The molecule has 0 bridgehead atoms. The zero-order chi connectivity index (χ0) is 16.2. The molecule has 1 rings (SSSR count). The van der Waals surface area contributed by atoms with Crippen molar-refractivity contribution in [1.29, 1.82) is 0 Å². The first-order valence-electron chi connectivity index (χ1n) is 6.58. The summed E-state index contributed by atoms with van der Waals surface area (Å²) >= 11 is 3.31. The minimum absolute atomic E-state index is 0.0316. The van der Waals surface area contributed by atoms with E-state index in [-0.39, 0.29) is 23.2 Å². The van der Waals surface area contributed by atoms with Crippen molar-refractivity contribution in [3.05, 3.63) is 38.3 Å². The number of nitro benzene ring substituents is 1. The third kappa shape index (κ3) is 5.81. The third-order valence-corrected chi connectivity index (χ3v) is 3.48. The molecule has 0 saturated carbocycles. The van der Waals surface area contributed by atoms with E-state index in [1.54, 1.807) is 13.0 Å². The van der Waals surface area contributed by atoms with E-state index in [2.05, 4.69) is 26.6 Å². The lowest BCUT2D eigenvalue weighted by molar-refractivity contribution is -0.384. The van der Waals surface area contributed by atoms with E-state index in [4.69, 9.17) is 0 Å². The van der Waals surface area contributed by atoms with Gasteiger partial charge in [-0.15, -0.1) is 0 Å². The van der Waals surface area contributed by atoms with Crippen LogP contribution < -0.4 is 10.6 Å². The molecule has 0 aliphatic rings. The Morgan fingerprint density at radius 2 is 2.05 bits per heavy atom. The number of carbonyl (C=O) groups is 1. The van der Waals surface area contributed by atoms with E-state index in [9.17, 15) is 14.9 Å². The monoisotopic (exact) mass is 357 g/mol. The van der Waals surface area contributed by atoms with Crippen molar-refractivity contribution in [2.75, 3.05) is 0 Å². The van der Waals surface area contributed by atoms with Crippen molar-refractivity contribution in [3.63, 3.8) is 0 Å². The molecule has 2 N–H and O–H groups in total. The number of rotatable bonds is 5. The van der Waals surface area contributed by atoms with Crippen LogP contribution in [0.4, 0.5) is 5.69 Å². The summed E-state index contributed by atoms with van der Waals surface area (Å²) in [7, 11) is 0. The number of carbonyl (C=O) groups excluding carboxylic acids is 1. The van der Waals surface area contributed by atoms with Gasteiger partial charge in [0.25, 0.3) is 5.69 Å². The quantitative estimate of drug-likeness (QED) is 0.626. The lowest BCUT2D eigenvalue weighted by Gasteiger charge is -2.23. The van der Waals surface area contributed by atoms with Gasteiger partial charge in [0.15, 0.2) is 0 Å². The fourth-order valence-electron chi connectivity index (χ4n) is 1.63. The zero-order valence-electron chi connectivity index (χ0n) is 12.6. The number of non-ortho nitro benzene ring substituents is 1. The van der Waals surface area contributed by atoms with Gasteiger partial charge in [-0.3, -0.25) is 14.9 Å². The highest BCUT2D eigenvalue weighted by Gasteiger charge is 2.19. The summed E-state index contributed by atoms with van der Waals surface area (Å²) in [5.41, 5.74) is 0.612. The van der Waals surface area contributed by atoms with Crippen molar-refractivity contribution >= 4 is 27.5 Å². The second kappa shape index (κ2) is 7.00. The standard InChI is InChI=1S/C14H20BrN3O3/c1-9(13(19)17-14(2,3)4)16-8-10-5-6-11(18(20)21)7-12(10)15/h5-7,9,16H,8H2,1-4H3,(H,17,19). The van der Waals surface area contributed by atoms with Crippen molar-refractivity contribution < 1.29 is 9.72 Å². The maximum atomic E-state index is 11.9. The summed E-state index contributed by atoms with van der Waals surface area (Å²) in [6.45, 7) is 7.98. The molecule has 1 amide bonds. The number of hydrogen-bond donors (Lipinski definition) is 2. The predicted octanol–water partition coefficient (Wildman–Crippen LogP) is 2.75. The predicted molar refractivity (Wildman–Crippen MR) is 85.0 cm³/mol. The molecule has 7 heteroatoms. The average molecular weight is 358 g/mol. The molecular weight excluding hydrogens is 338 g/mol. The van der Waals surface area contributed by atoms with Gasteiger partial charge in [0.1, 0.15) is 0 Å². The van der Waals surface area contributed by atoms with Gasteiger partial charge in [0, 0.05) is 28.7 Å². The molecular formula is C14H20BrN3O3. The molecule has 0 aliphatic carbocycles. The molecule has 0 radical (unpaired) electrons. The molecule has 6 nitrogen and oxygen atoms in total. The Kier molecular flexibility index (Phi) is 5.86. The van der Waals surface area contributed by atoms with Gasteiger partial charge in [-0.2, -0.15) is 0 Å². The molecule has 0 saturated heterocycles. The van der Waals surface area contributed by atoms with Gasteiger partial charge >= 0.3 is 0 Å². The maximum absolute atomic E-state index is 11.9. The molecule has 1 aromatic carbocycles. The third-order valence-electron chi connectivity index (χ3n) is 2.74. The van der Waals surface area contributed by atoms with Crippen LogP contribution in [0.3, 0.4) is 0 Å². The number of benzene rings is 1. The number of amides is 1. The summed E-state index contributed by atoms with van der Waals surface area (Å²) in [4.78, 5) is 22.2. The summed E-state index contributed by atoms with van der Waals surface area (Å²) in [5.74, 6) is -0.0828. The van der Waals surface area contributed by atoms with E-state index >= 15 is 0 Å². The Morgan fingerprint density at radius 3 is 2.52 bits per heavy atom. The highest BCUT2D eigenvalue weighted by Crippen LogP contribution is 2.22. The second-order valence-corrected chi connectivity index (χ2v) is 6.73. The minimum atomic E-state index is -0.443. The molecule has 1 aromatic rings. The molecule has 0 fully saturated rings. The first kappa shape index (κ1) is 17.6. The van der Waals surface area contributed by atoms with Crippen LogP contribution in [0, 0.1) is 10.1 Å². The van der Waals surface area contributed by atoms with Crippen molar-refractivity contribution in [2.24, 2.45) is 0 Å². The number of hydrogen-bond acceptors (Lipinski definition) is 4. The van der Waals surface area contributed by atoms with E-state index < -0.39 is 4.92 Å². The number of halogens is 1. The number of nitrogens with one attached hydrogen (secondary N) is 2. The van der Waals surface area contributed by atoms with Crippen molar-refractivity contribution in [1.82, 2.24) is 10.6 Å². The number of nitrogens with zero attached hydrogens (tertiary/aromatic N) is 1. The van der Waals surface area contributed by atoms with E-state index in [1.165, 1.54) is 12.1 Å². The Morgan fingerprint density at radius 1 is 1.43 bits per heavy atom. The molecule has 1 atom stereocenters. The molecule has 0 aliphatic heterocycles. The van der Waals surface area contributed by atoms with Crippen LogP contribution in [0.5, 0.6) is 0 Å². The van der Waals surface area contributed by atoms with Crippen LogP contribution >= 0.6 is 15.9 Å². The molecule has 0 heterocycles. The molecule has 1 unspecified atom stereocenters. The first-order chi connectivity index (χ1) is 9.60. The Bertz CT molecular complexity index is 541. The molecule has 0 aromatic heterocycles. The van der Waals surface area contributed by atoms with Gasteiger partial charge in [-0.1, -0.05) is 15.9 Å². The van der Waals surface area contributed by atoms with Crippen LogP contribution in [0.2, 0.25) is 0 Å². The lowest BCUT2D eigenvalue weighted by Crippen LogP contribution is -2.49. The average Bonchev–Trinajstić information content (AvgIpc) is 2.34. The molecule has 21 heavy (non-hydrogen) atoms. The Hall–Kier alpha value is -1.47. The van der Waals surface area contributed by atoms with Crippen LogP contribution in [0.25, 0.3) is 0 Å². The van der Waals surface area contributed by atoms with Gasteiger partial charge in [0.05, 0.1) is 11.0 Å². The summed E-state index contributed by atoms with van der Waals surface area (Å²) in [5, 5.41) is 16.7. The van der Waals surface area contributed by atoms with Crippen LogP contribution in [0.1, 0.15) is 33.3 Å². The minimum Gasteiger partial charge on any atom is -0.350 e. The summed E-state index contributed by atoms with van der Waals surface area (Å²) < 4.78 is 0.646. The lowest BCUT2D eigenvalue weighted by atomic mass is 10.1. The van der Waals surface area contributed by atoms with E-state index in [0.717, 1.165) is 5.56 Å². The van der Waals surface area contributed by atoms with Gasteiger partial charge in [-0.25, -0.2) is 0 Å². The first-order valence-corrected chi connectivity index (χ1v) is 7.37. The fraction of sp³-hybridized carbons (Fsp3) is 0.500. The van der Waals surface area contributed by atoms with E-state index in [0.29, 0.717) is 11.0 Å². The fourth-order valence-corrected chi connectivity index (χ4v) is 2.13. The summed E-state index contributed by atoms with van der Waals surface area (Å²) in [6.07, 6.45) is 0. The van der Waals surface area contributed by atoms with Crippen LogP contribution in [-0.4, -0.2) is 22.4 Å². The van der Waals surface area contributed by atoms with Gasteiger partial charge in [0.2, 0.25) is 5.91 Å². The normalized spacial score (nSPS) is 12.8. The zero-order valence-corrected chi connectivity index (χ0v) is 14.2. The van der Waals surface area contributed by atoms with Gasteiger partial charge in [-0.05, 0) is 39.3 Å². The smallest absolute Gasteiger partial charge is 0.270 e. The number of nitro groups is 1.